The van der Waals surface area contributed by atoms with Gasteiger partial charge in [-0.1, -0.05) is 49.1 Å². The predicted octanol–water partition coefficient (Wildman–Crippen LogP) is 3.96. The highest BCUT2D eigenvalue weighted by molar-refractivity contribution is 7.13. The molecule has 5 nitrogen and oxygen atoms in total. The lowest BCUT2D eigenvalue weighted by molar-refractivity contribution is -0.134. The van der Waals surface area contributed by atoms with Crippen molar-refractivity contribution in [1.29, 1.82) is 0 Å². The summed E-state index contributed by atoms with van der Waals surface area (Å²) in [5.74, 6) is -0.243. The van der Waals surface area contributed by atoms with E-state index in [0.717, 1.165) is 29.8 Å². The molecular weight excluding hydrogens is 382 g/mol. The number of carbonyl (C=O) groups is 2. The van der Waals surface area contributed by atoms with Gasteiger partial charge in [-0.15, -0.1) is 11.3 Å². The largest absolute Gasteiger partial charge is 0.354 e. The number of hydrogen-bond donors (Lipinski definition) is 2. The second-order valence-corrected chi connectivity index (χ2v) is 8.12. The minimum absolute atomic E-state index is 0.0758. The molecule has 1 aromatic carbocycles. The molecule has 1 saturated carbocycles. The van der Waals surface area contributed by atoms with Crippen molar-refractivity contribution in [1.82, 2.24) is 15.6 Å². The number of halogens is 1. The van der Waals surface area contributed by atoms with Crippen molar-refractivity contribution in [2.24, 2.45) is 0 Å². The van der Waals surface area contributed by atoms with Gasteiger partial charge < -0.3 is 10.6 Å². The fourth-order valence-electron chi connectivity index (χ4n) is 3.52. The number of nitrogens with one attached hydrogen (secondary N) is 2. The van der Waals surface area contributed by atoms with E-state index >= 15 is 0 Å². The first-order valence-corrected chi connectivity index (χ1v) is 10.6. The minimum Gasteiger partial charge on any atom is -0.354 e. The summed E-state index contributed by atoms with van der Waals surface area (Å²) >= 11 is 7.69. The van der Waals surface area contributed by atoms with Gasteiger partial charge in [-0.2, -0.15) is 0 Å². The Labute approximate surface area is 168 Å². The molecule has 0 radical (unpaired) electrons. The molecule has 0 aliphatic heterocycles. The molecule has 1 aliphatic rings. The summed E-state index contributed by atoms with van der Waals surface area (Å²) in [6.07, 6.45) is 4.53. The second-order valence-electron chi connectivity index (χ2n) is 6.85. The highest BCUT2D eigenvalue weighted by Crippen LogP contribution is 2.31. The zero-order valence-corrected chi connectivity index (χ0v) is 17.0. The normalized spacial score (nSPS) is 15.9. The Balaban J connectivity index is 1.69. The molecule has 7 heteroatoms. The van der Waals surface area contributed by atoms with E-state index in [1.54, 1.807) is 0 Å². The molecule has 2 amide bonds. The topological polar surface area (TPSA) is 71.1 Å². The smallest absolute Gasteiger partial charge is 0.245 e. The minimum atomic E-state index is -0.785. The predicted molar refractivity (Wildman–Crippen MR) is 109 cm³/mol. The molecule has 27 heavy (non-hydrogen) atoms. The van der Waals surface area contributed by atoms with Gasteiger partial charge in [0.25, 0.3) is 0 Å². The number of aromatic nitrogens is 1. The maximum Gasteiger partial charge on any atom is 0.245 e. The van der Waals surface area contributed by atoms with Crippen molar-refractivity contribution in [2.45, 2.75) is 51.0 Å². The van der Waals surface area contributed by atoms with Crippen LogP contribution in [0.15, 0.2) is 29.6 Å². The van der Waals surface area contributed by atoms with E-state index in [-0.39, 0.29) is 18.2 Å². The van der Waals surface area contributed by atoms with Crippen LogP contribution in [0.3, 0.4) is 0 Å². The summed E-state index contributed by atoms with van der Waals surface area (Å²) in [7, 11) is 0. The average Bonchev–Trinajstić information content (AvgIpc) is 3.11. The van der Waals surface area contributed by atoms with Gasteiger partial charge in [0.1, 0.15) is 10.5 Å². The van der Waals surface area contributed by atoms with E-state index < -0.39 is 5.54 Å². The van der Waals surface area contributed by atoms with Crippen molar-refractivity contribution in [3.05, 3.63) is 40.4 Å². The van der Waals surface area contributed by atoms with E-state index in [4.69, 9.17) is 11.6 Å². The standard InChI is InChI=1S/C20H24ClN3O2S/c1-2-22-19(26)20(10-6-3-7-11-20)24-17(25)12-14-13-27-18(23-14)15-8-4-5-9-16(15)21/h4-5,8-9,13H,2-3,6-7,10-12H2,1H3,(H,22,26)(H,24,25). The number of thiazole rings is 1. The van der Waals surface area contributed by atoms with Gasteiger partial charge in [0.2, 0.25) is 11.8 Å². The van der Waals surface area contributed by atoms with Crippen molar-refractivity contribution in [2.75, 3.05) is 6.54 Å². The van der Waals surface area contributed by atoms with Gasteiger partial charge in [0, 0.05) is 17.5 Å². The van der Waals surface area contributed by atoms with Crippen LogP contribution in [-0.2, 0) is 16.0 Å². The Bertz CT molecular complexity index is 815. The Hall–Kier alpha value is -1.92. The van der Waals surface area contributed by atoms with Crippen molar-refractivity contribution < 1.29 is 9.59 Å². The van der Waals surface area contributed by atoms with Crippen molar-refractivity contribution >= 4 is 34.8 Å². The summed E-state index contributed by atoms with van der Waals surface area (Å²) in [5.41, 5.74) is 0.767. The Morgan fingerprint density at radius 2 is 1.96 bits per heavy atom. The van der Waals surface area contributed by atoms with E-state index in [0.29, 0.717) is 30.1 Å². The molecule has 0 bridgehead atoms. The lowest BCUT2D eigenvalue weighted by Crippen LogP contribution is -2.60. The summed E-state index contributed by atoms with van der Waals surface area (Å²) in [5, 5.41) is 9.19. The van der Waals surface area contributed by atoms with Gasteiger partial charge in [-0.05, 0) is 25.8 Å². The van der Waals surface area contributed by atoms with Crippen LogP contribution in [0.2, 0.25) is 5.02 Å². The summed E-state index contributed by atoms with van der Waals surface area (Å²) in [4.78, 5) is 29.8. The third kappa shape index (κ3) is 4.68. The Kier molecular flexibility index (Phi) is 6.50. The van der Waals surface area contributed by atoms with Gasteiger partial charge >= 0.3 is 0 Å². The summed E-state index contributed by atoms with van der Waals surface area (Å²) in [6, 6.07) is 7.52. The van der Waals surface area contributed by atoms with Crippen LogP contribution in [0.4, 0.5) is 0 Å². The lowest BCUT2D eigenvalue weighted by Gasteiger charge is -2.36. The van der Waals surface area contributed by atoms with Gasteiger partial charge in [0.05, 0.1) is 17.1 Å². The lowest BCUT2D eigenvalue weighted by atomic mass is 9.80. The van der Waals surface area contributed by atoms with E-state index in [2.05, 4.69) is 15.6 Å². The van der Waals surface area contributed by atoms with Crippen LogP contribution < -0.4 is 10.6 Å². The first-order valence-electron chi connectivity index (χ1n) is 9.33. The molecule has 0 spiro atoms. The van der Waals surface area contributed by atoms with Gasteiger partial charge in [-0.25, -0.2) is 4.98 Å². The maximum absolute atomic E-state index is 12.7. The van der Waals surface area contributed by atoms with Crippen LogP contribution >= 0.6 is 22.9 Å². The fourth-order valence-corrected chi connectivity index (χ4v) is 4.66. The Morgan fingerprint density at radius 1 is 1.22 bits per heavy atom. The molecule has 3 rings (SSSR count). The van der Waals surface area contributed by atoms with E-state index in [1.165, 1.54) is 11.3 Å². The van der Waals surface area contributed by atoms with Gasteiger partial charge in [-0.3, -0.25) is 9.59 Å². The van der Waals surface area contributed by atoms with E-state index in [1.807, 2.05) is 36.6 Å². The number of rotatable bonds is 6. The van der Waals surface area contributed by atoms with Crippen LogP contribution in [0.25, 0.3) is 10.6 Å². The molecule has 1 heterocycles. The number of amides is 2. The number of benzene rings is 1. The Morgan fingerprint density at radius 3 is 2.67 bits per heavy atom. The monoisotopic (exact) mass is 405 g/mol. The molecule has 0 unspecified atom stereocenters. The summed E-state index contributed by atoms with van der Waals surface area (Å²) < 4.78 is 0. The summed E-state index contributed by atoms with van der Waals surface area (Å²) in [6.45, 7) is 2.45. The number of hydrogen-bond acceptors (Lipinski definition) is 4. The van der Waals surface area contributed by atoms with Crippen molar-refractivity contribution in [3.63, 3.8) is 0 Å². The molecule has 144 valence electrons. The van der Waals surface area contributed by atoms with Crippen LogP contribution in [0.1, 0.15) is 44.7 Å². The van der Waals surface area contributed by atoms with E-state index in [9.17, 15) is 9.59 Å². The molecule has 2 aromatic rings. The SMILES string of the molecule is CCNC(=O)C1(NC(=O)Cc2csc(-c3ccccc3Cl)n2)CCCCC1. The average molecular weight is 406 g/mol. The zero-order chi connectivity index (χ0) is 19.3. The number of nitrogens with zero attached hydrogens (tertiary/aromatic N) is 1. The maximum atomic E-state index is 12.7. The zero-order valence-electron chi connectivity index (χ0n) is 15.4. The second kappa shape index (κ2) is 8.85. The molecule has 1 aromatic heterocycles. The molecule has 0 atom stereocenters. The van der Waals surface area contributed by atoms with Crippen LogP contribution in [0.5, 0.6) is 0 Å². The van der Waals surface area contributed by atoms with Gasteiger partial charge in [0.15, 0.2) is 0 Å². The quantitative estimate of drug-likeness (QED) is 0.764. The third-order valence-corrected chi connectivity index (χ3v) is 6.11. The fraction of sp³-hybridized carbons (Fsp3) is 0.450. The van der Waals surface area contributed by atoms with Crippen LogP contribution in [0, 0.1) is 0 Å². The first-order chi connectivity index (χ1) is 13.0. The highest BCUT2D eigenvalue weighted by atomic mass is 35.5. The number of carbonyl (C=O) groups excluding carboxylic acids is 2. The third-order valence-electron chi connectivity index (χ3n) is 4.86. The molecule has 1 aliphatic carbocycles. The molecule has 2 N–H and O–H groups in total. The number of likely N-dealkylation sites (N-methyl/N-ethyl adjacent to an activating group) is 1. The molecule has 1 fully saturated rings. The molecular formula is C20H24ClN3O2S. The molecule has 0 saturated heterocycles. The highest BCUT2D eigenvalue weighted by Gasteiger charge is 2.40. The first kappa shape index (κ1) is 19.8. The van der Waals surface area contributed by atoms with Crippen LogP contribution in [-0.4, -0.2) is 28.9 Å². The van der Waals surface area contributed by atoms with Crippen molar-refractivity contribution in [3.8, 4) is 10.6 Å².